The molecule has 0 aromatic rings. The van der Waals surface area contributed by atoms with E-state index in [0.29, 0.717) is 0 Å². The average molecular weight is 152 g/mol. The van der Waals surface area contributed by atoms with Crippen LogP contribution in [0.1, 0.15) is 0 Å². The minimum Gasteiger partial charge on any atom is -0.410 e. The number of hydrogen-bond acceptors (Lipinski definition) is 5. The number of nitrogens with zero attached hydrogens (tertiary/aromatic N) is 3. The Morgan fingerprint density at radius 1 is 1.64 bits per heavy atom. The van der Waals surface area contributed by atoms with Gasteiger partial charge in [-0.05, 0) is 0 Å². The Morgan fingerprint density at radius 3 is 2.64 bits per heavy atom. The van der Waals surface area contributed by atoms with Crippen molar-refractivity contribution < 1.29 is 10.0 Å². The second kappa shape index (κ2) is 4.77. The van der Waals surface area contributed by atoms with Gasteiger partial charge in [0, 0.05) is 0 Å². The van der Waals surface area contributed by atoms with Crippen molar-refractivity contribution in [1.29, 1.82) is 10.5 Å². The van der Waals surface area contributed by atoms with Crippen LogP contribution in [0.5, 0.6) is 0 Å². The van der Waals surface area contributed by atoms with Gasteiger partial charge >= 0.3 is 0 Å². The van der Waals surface area contributed by atoms with Crippen LogP contribution in [-0.2, 0) is 4.79 Å². The molecule has 0 saturated carbocycles. The minimum absolute atomic E-state index is 0.223. The molecule has 0 spiro atoms. The highest BCUT2D eigenvalue weighted by atomic mass is 16.4. The van der Waals surface area contributed by atoms with Crippen LogP contribution in [-0.4, -0.2) is 23.4 Å². The zero-order valence-electron chi connectivity index (χ0n) is 5.40. The largest absolute Gasteiger partial charge is 0.410 e. The quantitative estimate of drug-likeness (QED) is 0.228. The van der Waals surface area contributed by atoms with Gasteiger partial charge in [-0.15, -0.1) is 0 Å². The van der Waals surface area contributed by atoms with Crippen molar-refractivity contribution in [1.82, 2.24) is 5.32 Å². The molecule has 0 aromatic heterocycles. The third-order valence-corrected chi connectivity index (χ3v) is 0.749. The molecule has 1 amide bonds. The molecule has 2 N–H and O–H groups in total. The fourth-order valence-electron chi connectivity index (χ4n) is 0.322. The molecule has 0 aromatic carbocycles. The van der Waals surface area contributed by atoms with Crippen LogP contribution in [0.25, 0.3) is 0 Å². The average Bonchev–Trinajstić information content (AvgIpc) is 2.03. The first-order valence-electron chi connectivity index (χ1n) is 2.53. The number of amides is 1. The number of oxime groups is 1. The summed E-state index contributed by atoms with van der Waals surface area (Å²) in [5.74, 6) is -0.864. The van der Waals surface area contributed by atoms with E-state index in [-0.39, 0.29) is 6.54 Å². The van der Waals surface area contributed by atoms with Crippen LogP contribution in [0.2, 0.25) is 0 Å². The molecule has 0 aliphatic heterocycles. The van der Waals surface area contributed by atoms with Gasteiger partial charge in [0.15, 0.2) is 0 Å². The van der Waals surface area contributed by atoms with E-state index >= 15 is 0 Å². The molecule has 0 rings (SSSR count). The second-order valence-corrected chi connectivity index (χ2v) is 1.40. The third-order valence-electron chi connectivity index (χ3n) is 0.749. The molecule has 0 atom stereocenters. The van der Waals surface area contributed by atoms with Gasteiger partial charge in [-0.2, -0.15) is 10.5 Å². The number of carbonyl (C=O) groups is 1. The lowest BCUT2D eigenvalue weighted by molar-refractivity contribution is -0.114. The number of carbonyl (C=O) groups excluding carboxylic acids is 1. The zero-order chi connectivity index (χ0) is 8.69. The number of rotatable bonds is 2. The van der Waals surface area contributed by atoms with Crippen molar-refractivity contribution in [2.45, 2.75) is 0 Å². The summed E-state index contributed by atoms with van der Waals surface area (Å²) in [5, 5.41) is 28.5. The molecule has 6 heteroatoms. The molecule has 0 radical (unpaired) electrons. The molecule has 0 saturated heterocycles. The highest BCUT2D eigenvalue weighted by Crippen LogP contribution is 1.73. The number of nitriles is 2. The van der Waals surface area contributed by atoms with Crippen molar-refractivity contribution >= 4 is 11.6 Å². The second-order valence-electron chi connectivity index (χ2n) is 1.40. The summed E-state index contributed by atoms with van der Waals surface area (Å²) in [7, 11) is 0. The summed E-state index contributed by atoms with van der Waals surface area (Å²) in [6, 6.07) is 2.96. The Morgan fingerprint density at radius 2 is 2.27 bits per heavy atom. The molecule has 0 bridgehead atoms. The van der Waals surface area contributed by atoms with Gasteiger partial charge in [-0.3, -0.25) is 4.79 Å². The topological polar surface area (TPSA) is 109 Å². The van der Waals surface area contributed by atoms with Crippen molar-refractivity contribution in [3.05, 3.63) is 0 Å². The maximum absolute atomic E-state index is 10.6. The summed E-state index contributed by atoms with van der Waals surface area (Å²) < 4.78 is 0. The first kappa shape index (κ1) is 8.92. The van der Waals surface area contributed by atoms with E-state index in [9.17, 15) is 4.79 Å². The van der Waals surface area contributed by atoms with Crippen LogP contribution >= 0.6 is 0 Å². The van der Waals surface area contributed by atoms with Crippen molar-refractivity contribution in [3.8, 4) is 12.1 Å². The monoisotopic (exact) mass is 152 g/mol. The van der Waals surface area contributed by atoms with Crippen LogP contribution in [0, 0.1) is 22.7 Å². The first-order chi connectivity index (χ1) is 5.26. The summed E-state index contributed by atoms with van der Waals surface area (Å²) in [5.41, 5.74) is -0.666. The minimum atomic E-state index is -0.864. The van der Waals surface area contributed by atoms with Gasteiger partial charge in [0.25, 0.3) is 5.91 Å². The Balaban J connectivity index is 4.07. The van der Waals surface area contributed by atoms with Gasteiger partial charge in [0.05, 0.1) is 6.07 Å². The normalized spacial score (nSPS) is 9.45. The lowest BCUT2D eigenvalue weighted by Crippen LogP contribution is -2.30. The first-order valence-corrected chi connectivity index (χ1v) is 2.53. The summed E-state index contributed by atoms with van der Waals surface area (Å²) >= 11 is 0. The van der Waals surface area contributed by atoms with E-state index in [0.717, 1.165) is 0 Å². The van der Waals surface area contributed by atoms with E-state index in [4.69, 9.17) is 15.7 Å². The standard InChI is InChI=1S/C5H4N4O2/c6-1-2-8-5(10)4(3-7)9-11/h11H,2H2,(H,8,10). The van der Waals surface area contributed by atoms with Crippen LogP contribution in [0.15, 0.2) is 5.16 Å². The molecular weight excluding hydrogens is 148 g/mol. The zero-order valence-corrected chi connectivity index (χ0v) is 5.40. The van der Waals surface area contributed by atoms with Crippen LogP contribution in [0.4, 0.5) is 0 Å². The van der Waals surface area contributed by atoms with Gasteiger partial charge in [-0.25, -0.2) is 0 Å². The molecule has 11 heavy (non-hydrogen) atoms. The van der Waals surface area contributed by atoms with Crippen molar-refractivity contribution in [2.24, 2.45) is 5.16 Å². The van der Waals surface area contributed by atoms with Gasteiger partial charge in [0.1, 0.15) is 12.6 Å². The Bertz CT molecular complexity index is 257. The van der Waals surface area contributed by atoms with Gasteiger partial charge < -0.3 is 10.5 Å². The summed E-state index contributed by atoms with van der Waals surface area (Å²) in [6.07, 6.45) is 0. The molecule has 0 aliphatic rings. The van der Waals surface area contributed by atoms with Crippen molar-refractivity contribution in [3.63, 3.8) is 0 Å². The molecule has 0 aliphatic carbocycles. The Hall–Kier alpha value is -2.08. The number of hydrogen-bond donors (Lipinski definition) is 2. The highest BCUT2D eigenvalue weighted by Gasteiger charge is 2.09. The van der Waals surface area contributed by atoms with E-state index in [1.807, 2.05) is 5.32 Å². The summed E-state index contributed by atoms with van der Waals surface area (Å²) in [4.78, 5) is 10.6. The van der Waals surface area contributed by atoms with E-state index in [1.54, 1.807) is 6.07 Å². The highest BCUT2D eigenvalue weighted by molar-refractivity contribution is 6.44. The van der Waals surface area contributed by atoms with E-state index in [1.165, 1.54) is 6.07 Å². The fraction of sp³-hybridized carbons (Fsp3) is 0.200. The Labute approximate surface area is 62.3 Å². The molecular formula is C5H4N4O2. The molecule has 56 valence electrons. The maximum Gasteiger partial charge on any atom is 0.285 e. The third kappa shape index (κ3) is 2.82. The van der Waals surface area contributed by atoms with Crippen molar-refractivity contribution in [2.75, 3.05) is 6.54 Å². The predicted molar refractivity (Wildman–Crippen MR) is 33.5 cm³/mol. The maximum atomic E-state index is 10.6. The van der Waals surface area contributed by atoms with Gasteiger partial charge in [-0.1, -0.05) is 5.16 Å². The summed E-state index contributed by atoms with van der Waals surface area (Å²) in [6.45, 7) is -0.223. The van der Waals surface area contributed by atoms with E-state index in [2.05, 4.69) is 5.16 Å². The molecule has 6 nitrogen and oxygen atoms in total. The Kier molecular flexibility index (Phi) is 3.87. The smallest absolute Gasteiger partial charge is 0.285 e. The molecule has 0 heterocycles. The lowest BCUT2D eigenvalue weighted by atomic mass is 10.4. The lowest BCUT2D eigenvalue weighted by Gasteiger charge is -1.93. The number of nitrogens with one attached hydrogen (secondary N) is 1. The van der Waals surface area contributed by atoms with Crippen LogP contribution in [0.3, 0.4) is 0 Å². The molecule has 0 fully saturated rings. The van der Waals surface area contributed by atoms with Crippen LogP contribution < -0.4 is 5.32 Å². The van der Waals surface area contributed by atoms with E-state index < -0.39 is 11.6 Å². The SMILES string of the molecule is N#CCNC(=O)C(C#N)=NO. The van der Waals surface area contributed by atoms with Gasteiger partial charge in [0.2, 0.25) is 5.71 Å². The molecule has 0 unspecified atom stereocenters. The predicted octanol–water partition coefficient (Wildman–Crippen LogP) is -1.02. The fourth-order valence-corrected chi connectivity index (χ4v) is 0.322.